The van der Waals surface area contributed by atoms with E-state index in [-0.39, 0.29) is 0 Å². The molecule has 0 aliphatic heterocycles. The van der Waals surface area contributed by atoms with Crippen LogP contribution in [0.1, 0.15) is 55.6 Å². The standard InChI is InChI=1S/C16H24N2/c17-15-7-9-16(10-8-15)18-11-12-1-3-13(4-2-12)14-5-6-14/h1-4,14-16,18H,5-11,17H2. The molecule has 18 heavy (non-hydrogen) atoms. The van der Waals surface area contributed by atoms with E-state index in [1.165, 1.54) is 49.7 Å². The van der Waals surface area contributed by atoms with Gasteiger partial charge in [0, 0.05) is 18.6 Å². The molecule has 2 aliphatic carbocycles. The molecule has 0 radical (unpaired) electrons. The molecular formula is C16H24N2. The van der Waals surface area contributed by atoms with E-state index in [4.69, 9.17) is 5.73 Å². The Morgan fingerprint density at radius 1 is 0.944 bits per heavy atom. The molecule has 1 aromatic rings. The maximum atomic E-state index is 5.93. The quantitative estimate of drug-likeness (QED) is 0.854. The molecule has 0 unspecified atom stereocenters. The summed E-state index contributed by atoms with van der Waals surface area (Å²) >= 11 is 0. The van der Waals surface area contributed by atoms with Crippen LogP contribution in [-0.4, -0.2) is 12.1 Å². The molecule has 0 amide bonds. The molecule has 98 valence electrons. The van der Waals surface area contributed by atoms with Crippen molar-refractivity contribution in [2.45, 2.75) is 63.1 Å². The molecule has 0 heterocycles. The molecule has 2 aliphatic rings. The zero-order valence-corrected chi connectivity index (χ0v) is 11.1. The van der Waals surface area contributed by atoms with Gasteiger partial charge in [0.2, 0.25) is 0 Å². The molecule has 0 bridgehead atoms. The van der Waals surface area contributed by atoms with Gasteiger partial charge in [-0.1, -0.05) is 24.3 Å². The van der Waals surface area contributed by atoms with Crippen molar-refractivity contribution in [3.63, 3.8) is 0 Å². The summed E-state index contributed by atoms with van der Waals surface area (Å²) in [7, 11) is 0. The van der Waals surface area contributed by atoms with Gasteiger partial charge in [-0.2, -0.15) is 0 Å². The first kappa shape index (κ1) is 12.2. The Bertz CT molecular complexity index is 373. The first-order valence-corrected chi connectivity index (χ1v) is 7.39. The van der Waals surface area contributed by atoms with Crippen LogP contribution in [0.25, 0.3) is 0 Å². The molecule has 3 rings (SSSR count). The number of nitrogens with one attached hydrogen (secondary N) is 1. The van der Waals surface area contributed by atoms with Gasteiger partial charge in [-0.05, 0) is 55.6 Å². The lowest BCUT2D eigenvalue weighted by atomic mass is 9.92. The highest BCUT2D eigenvalue weighted by atomic mass is 14.9. The van der Waals surface area contributed by atoms with Gasteiger partial charge < -0.3 is 11.1 Å². The van der Waals surface area contributed by atoms with E-state index in [0.29, 0.717) is 12.1 Å². The van der Waals surface area contributed by atoms with Crippen LogP contribution < -0.4 is 11.1 Å². The number of hydrogen-bond donors (Lipinski definition) is 2. The summed E-state index contributed by atoms with van der Waals surface area (Å²) in [6.45, 7) is 1.00. The normalized spacial score (nSPS) is 28.3. The summed E-state index contributed by atoms with van der Waals surface area (Å²) in [5, 5.41) is 3.67. The SMILES string of the molecule is NC1CCC(NCc2ccc(C3CC3)cc2)CC1. The molecule has 3 N–H and O–H groups in total. The van der Waals surface area contributed by atoms with Crippen LogP contribution in [0.15, 0.2) is 24.3 Å². The Morgan fingerprint density at radius 2 is 1.61 bits per heavy atom. The Kier molecular flexibility index (Phi) is 3.67. The van der Waals surface area contributed by atoms with Crippen LogP contribution in [0.2, 0.25) is 0 Å². The van der Waals surface area contributed by atoms with Gasteiger partial charge in [0.15, 0.2) is 0 Å². The van der Waals surface area contributed by atoms with Crippen molar-refractivity contribution < 1.29 is 0 Å². The van der Waals surface area contributed by atoms with Gasteiger partial charge in [0.1, 0.15) is 0 Å². The second-order valence-corrected chi connectivity index (χ2v) is 6.01. The maximum absolute atomic E-state index is 5.93. The van der Waals surface area contributed by atoms with Crippen molar-refractivity contribution >= 4 is 0 Å². The first-order valence-electron chi connectivity index (χ1n) is 7.39. The van der Waals surface area contributed by atoms with Crippen molar-refractivity contribution in [1.82, 2.24) is 5.32 Å². The fourth-order valence-electron chi connectivity index (χ4n) is 2.91. The molecule has 2 heteroatoms. The highest BCUT2D eigenvalue weighted by Gasteiger charge is 2.23. The van der Waals surface area contributed by atoms with E-state index < -0.39 is 0 Å². The van der Waals surface area contributed by atoms with Crippen LogP contribution in [0, 0.1) is 0 Å². The van der Waals surface area contributed by atoms with Crippen LogP contribution in [0.4, 0.5) is 0 Å². The minimum Gasteiger partial charge on any atom is -0.328 e. The second kappa shape index (κ2) is 5.41. The maximum Gasteiger partial charge on any atom is 0.0208 e. The second-order valence-electron chi connectivity index (χ2n) is 6.01. The third kappa shape index (κ3) is 3.12. The van der Waals surface area contributed by atoms with Gasteiger partial charge in [0.05, 0.1) is 0 Å². The average Bonchev–Trinajstić information content (AvgIpc) is 3.23. The molecular weight excluding hydrogens is 220 g/mol. The number of nitrogens with two attached hydrogens (primary N) is 1. The Hall–Kier alpha value is -0.860. The van der Waals surface area contributed by atoms with E-state index in [9.17, 15) is 0 Å². The number of benzene rings is 1. The average molecular weight is 244 g/mol. The van der Waals surface area contributed by atoms with Crippen LogP contribution in [0.3, 0.4) is 0 Å². The van der Waals surface area contributed by atoms with Crippen molar-refractivity contribution in [2.24, 2.45) is 5.73 Å². The number of hydrogen-bond acceptors (Lipinski definition) is 2. The molecule has 2 nitrogen and oxygen atoms in total. The van der Waals surface area contributed by atoms with Crippen molar-refractivity contribution in [3.8, 4) is 0 Å². The van der Waals surface area contributed by atoms with Gasteiger partial charge in [-0.3, -0.25) is 0 Å². The summed E-state index contributed by atoms with van der Waals surface area (Å²) in [5.74, 6) is 0.867. The molecule has 2 saturated carbocycles. The van der Waals surface area contributed by atoms with Gasteiger partial charge in [0.25, 0.3) is 0 Å². The summed E-state index contributed by atoms with van der Waals surface area (Å²) in [5.41, 5.74) is 8.87. The smallest absolute Gasteiger partial charge is 0.0208 e. The lowest BCUT2D eigenvalue weighted by Crippen LogP contribution is -2.37. The summed E-state index contributed by atoms with van der Waals surface area (Å²) in [6, 6.07) is 10.3. The summed E-state index contributed by atoms with van der Waals surface area (Å²) in [6.07, 6.45) is 7.61. The zero-order chi connectivity index (χ0) is 12.4. The third-order valence-corrected chi connectivity index (χ3v) is 4.40. The largest absolute Gasteiger partial charge is 0.328 e. The zero-order valence-electron chi connectivity index (χ0n) is 11.1. The van der Waals surface area contributed by atoms with E-state index in [1.54, 1.807) is 0 Å². The Morgan fingerprint density at radius 3 is 2.22 bits per heavy atom. The predicted octanol–water partition coefficient (Wildman–Crippen LogP) is 2.92. The molecule has 0 saturated heterocycles. The van der Waals surface area contributed by atoms with Crippen molar-refractivity contribution in [2.75, 3.05) is 0 Å². The molecule has 0 atom stereocenters. The third-order valence-electron chi connectivity index (χ3n) is 4.40. The van der Waals surface area contributed by atoms with E-state index in [2.05, 4.69) is 29.6 Å². The Balaban J connectivity index is 1.47. The molecule has 2 fully saturated rings. The molecule has 0 spiro atoms. The van der Waals surface area contributed by atoms with Crippen LogP contribution >= 0.6 is 0 Å². The van der Waals surface area contributed by atoms with E-state index >= 15 is 0 Å². The monoisotopic (exact) mass is 244 g/mol. The molecule has 1 aromatic carbocycles. The minimum atomic E-state index is 0.445. The van der Waals surface area contributed by atoms with Gasteiger partial charge >= 0.3 is 0 Å². The van der Waals surface area contributed by atoms with Crippen LogP contribution in [0.5, 0.6) is 0 Å². The predicted molar refractivity (Wildman–Crippen MR) is 75.5 cm³/mol. The highest BCUT2D eigenvalue weighted by Crippen LogP contribution is 2.39. The number of rotatable bonds is 4. The Labute approximate surface area is 110 Å². The van der Waals surface area contributed by atoms with Gasteiger partial charge in [-0.25, -0.2) is 0 Å². The van der Waals surface area contributed by atoms with E-state index in [0.717, 1.165) is 12.5 Å². The lowest BCUT2D eigenvalue weighted by Gasteiger charge is -2.27. The van der Waals surface area contributed by atoms with Gasteiger partial charge in [-0.15, -0.1) is 0 Å². The van der Waals surface area contributed by atoms with Crippen molar-refractivity contribution in [3.05, 3.63) is 35.4 Å². The summed E-state index contributed by atoms with van der Waals surface area (Å²) < 4.78 is 0. The highest BCUT2D eigenvalue weighted by molar-refractivity contribution is 5.28. The van der Waals surface area contributed by atoms with Crippen molar-refractivity contribution in [1.29, 1.82) is 0 Å². The lowest BCUT2D eigenvalue weighted by molar-refractivity contribution is 0.342. The summed E-state index contributed by atoms with van der Waals surface area (Å²) in [4.78, 5) is 0. The molecule has 0 aromatic heterocycles. The topological polar surface area (TPSA) is 38.0 Å². The van der Waals surface area contributed by atoms with E-state index in [1.807, 2.05) is 0 Å². The fraction of sp³-hybridized carbons (Fsp3) is 0.625. The first-order chi connectivity index (χ1) is 8.81. The minimum absolute atomic E-state index is 0.445. The van der Waals surface area contributed by atoms with Crippen LogP contribution in [-0.2, 0) is 6.54 Å². The fourth-order valence-corrected chi connectivity index (χ4v) is 2.91.